The van der Waals surface area contributed by atoms with Crippen LogP contribution in [-0.2, 0) is 14.3 Å². The van der Waals surface area contributed by atoms with Crippen LogP contribution in [0.15, 0.2) is 34.8 Å². The molecule has 1 unspecified atom stereocenters. The van der Waals surface area contributed by atoms with Gasteiger partial charge in [-0.1, -0.05) is 34.1 Å². The summed E-state index contributed by atoms with van der Waals surface area (Å²) in [6.45, 7) is 2.69. The van der Waals surface area contributed by atoms with Gasteiger partial charge in [0.25, 0.3) is 0 Å². The van der Waals surface area contributed by atoms with E-state index in [1.54, 1.807) is 6.08 Å². The van der Waals surface area contributed by atoms with Crippen LogP contribution in [0.4, 0.5) is 0 Å². The van der Waals surface area contributed by atoms with E-state index in [1.807, 2.05) is 24.3 Å². The number of esters is 1. The van der Waals surface area contributed by atoms with Crippen LogP contribution >= 0.6 is 15.9 Å². The van der Waals surface area contributed by atoms with E-state index in [4.69, 9.17) is 10.5 Å². The maximum Gasteiger partial charge on any atom is 0.303 e. The van der Waals surface area contributed by atoms with E-state index in [9.17, 15) is 9.59 Å². The molecule has 4 nitrogen and oxygen atoms in total. The summed E-state index contributed by atoms with van der Waals surface area (Å²) in [7, 11) is 0. The predicted molar refractivity (Wildman–Crippen MR) is 77.4 cm³/mol. The van der Waals surface area contributed by atoms with E-state index in [1.165, 1.54) is 19.9 Å². The minimum absolute atomic E-state index is 0.0594. The number of rotatable bonds is 5. The van der Waals surface area contributed by atoms with E-state index >= 15 is 0 Å². The molecular weight excluding hydrogens is 310 g/mol. The van der Waals surface area contributed by atoms with Crippen LogP contribution in [-0.4, -0.2) is 23.9 Å². The summed E-state index contributed by atoms with van der Waals surface area (Å²) < 4.78 is 5.94. The van der Waals surface area contributed by atoms with Crippen molar-refractivity contribution in [3.63, 3.8) is 0 Å². The molecule has 1 aromatic rings. The molecule has 0 fully saturated rings. The van der Waals surface area contributed by atoms with E-state index in [-0.39, 0.29) is 12.3 Å². The van der Waals surface area contributed by atoms with E-state index < -0.39 is 11.6 Å². The molecule has 0 aromatic heterocycles. The maximum absolute atomic E-state index is 12.0. The molecule has 5 heteroatoms. The molecule has 0 bridgehead atoms. The molecular formula is C14H16BrNO3. The number of carbonyl (C=O) groups is 2. The van der Waals surface area contributed by atoms with Crippen molar-refractivity contribution >= 4 is 33.8 Å². The van der Waals surface area contributed by atoms with Gasteiger partial charge in [0, 0.05) is 17.9 Å². The first kappa shape index (κ1) is 15.6. The van der Waals surface area contributed by atoms with Crippen molar-refractivity contribution in [3.05, 3.63) is 40.4 Å². The normalized spacial score (nSPS) is 14.1. The standard InChI is InChI=1S/C14H16BrNO3/c1-10(17)19-14(2,9-16)13(18)8-5-11-3-6-12(15)7-4-11/h3-8H,9,16H2,1-2H3/b8-5+. The van der Waals surface area contributed by atoms with Gasteiger partial charge in [0.15, 0.2) is 11.4 Å². The van der Waals surface area contributed by atoms with Crippen LogP contribution in [0.1, 0.15) is 19.4 Å². The Balaban J connectivity index is 2.82. The van der Waals surface area contributed by atoms with Gasteiger partial charge in [-0.2, -0.15) is 0 Å². The predicted octanol–water partition coefficient (Wildman–Crippen LogP) is 2.31. The van der Waals surface area contributed by atoms with Gasteiger partial charge in [-0.05, 0) is 30.7 Å². The number of hydrogen-bond acceptors (Lipinski definition) is 4. The van der Waals surface area contributed by atoms with E-state index in [0.29, 0.717) is 0 Å². The maximum atomic E-state index is 12.0. The second-order valence-corrected chi connectivity index (χ2v) is 5.19. The molecule has 0 aliphatic heterocycles. The third kappa shape index (κ3) is 4.61. The molecule has 0 saturated carbocycles. The zero-order valence-corrected chi connectivity index (χ0v) is 12.4. The fourth-order valence-corrected chi connectivity index (χ4v) is 1.70. The van der Waals surface area contributed by atoms with Crippen molar-refractivity contribution in [1.29, 1.82) is 0 Å². The number of nitrogens with two attached hydrogens (primary N) is 1. The zero-order valence-electron chi connectivity index (χ0n) is 10.9. The smallest absolute Gasteiger partial charge is 0.303 e. The highest BCUT2D eigenvalue weighted by atomic mass is 79.9. The Kier molecular flexibility index (Phi) is 5.44. The van der Waals surface area contributed by atoms with Crippen LogP contribution in [0.3, 0.4) is 0 Å². The first-order chi connectivity index (χ1) is 8.87. The molecule has 102 valence electrons. The second kappa shape index (κ2) is 6.63. The van der Waals surface area contributed by atoms with Crippen LogP contribution in [0.2, 0.25) is 0 Å². The number of benzene rings is 1. The molecule has 2 N–H and O–H groups in total. The fraction of sp³-hybridized carbons (Fsp3) is 0.286. The lowest BCUT2D eigenvalue weighted by molar-refractivity contribution is -0.160. The minimum atomic E-state index is -1.31. The summed E-state index contributed by atoms with van der Waals surface area (Å²) in [4.78, 5) is 23.0. The number of halogens is 1. The van der Waals surface area contributed by atoms with Crippen molar-refractivity contribution in [1.82, 2.24) is 0 Å². The lowest BCUT2D eigenvalue weighted by Crippen LogP contribution is -2.45. The Morgan fingerprint density at radius 2 is 1.95 bits per heavy atom. The topological polar surface area (TPSA) is 69.4 Å². The molecule has 0 heterocycles. The molecule has 0 radical (unpaired) electrons. The van der Waals surface area contributed by atoms with Gasteiger partial charge in [-0.15, -0.1) is 0 Å². The largest absolute Gasteiger partial charge is 0.450 e. The number of ether oxygens (including phenoxy) is 1. The lowest BCUT2D eigenvalue weighted by Gasteiger charge is -2.24. The van der Waals surface area contributed by atoms with E-state index in [0.717, 1.165) is 10.0 Å². The SMILES string of the molecule is CC(=O)OC(C)(CN)C(=O)/C=C/c1ccc(Br)cc1. The highest BCUT2D eigenvalue weighted by Crippen LogP contribution is 2.15. The van der Waals surface area contributed by atoms with Gasteiger partial charge in [-0.3, -0.25) is 9.59 Å². The first-order valence-electron chi connectivity index (χ1n) is 5.75. The second-order valence-electron chi connectivity index (χ2n) is 4.28. The van der Waals surface area contributed by atoms with Gasteiger partial charge >= 0.3 is 5.97 Å². The molecule has 19 heavy (non-hydrogen) atoms. The quantitative estimate of drug-likeness (QED) is 0.666. The molecule has 0 spiro atoms. The minimum Gasteiger partial charge on any atom is -0.450 e. The summed E-state index contributed by atoms with van der Waals surface area (Å²) >= 11 is 3.33. The molecule has 0 aliphatic carbocycles. The molecule has 0 saturated heterocycles. The molecule has 1 aromatic carbocycles. The monoisotopic (exact) mass is 325 g/mol. The number of hydrogen-bond donors (Lipinski definition) is 1. The summed E-state index contributed by atoms with van der Waals surface area (Å²) in [6.07, 6.45) is 3.03. The molecule has 1 rings (SSSR count). The van der Waals surface area contributed by atoms with Gasteiger partial charge < -0.3 is 10.5 Å². The Morgan fingerprint density at radius 1 is 1.37 bits per heavy atom. The zero-order chi connectivity index (χ0) is 14.5. The third-order valence-corrected chi connectivity index (χ3v) is 3.11. The number of carbonyl (C=O) groups excluding carboxylic acids is 2. The van der Waals surface area contributed by atoms with Crippen LogP contribution in [0, 0.1) is 0 Å². The highest BCUT2D eigenvalue weighted by molar-refractivity contribution is 9.10. The van der Waals surface area contributed by atoms with Crippen molar-refractivity contribution in [2.45, 2.75) is 19.4 Å². The molecule has 0 amide bonds. The Bertz CT molecular complexity index is 496. The molecule has 0 aliphatic rings. The van der Waals surface area contributed by atoms with Gasteiger partial charge in [0.05, 0.1) is 0 Å². The van der Waals surface area contributed by atoms with Crippen molar-refractivity contribution < 1.29 is 14.3 Å². The fourth-order valence-electron chi connectivity index (χ4n) is 1.43. The number of ketones is 1. The van der Waals surface area contributed by atoms with Gasteiger partial charge in [0.1, 0.15) is 0 Å². The lowest BCUT2D eigenvalue weighted by atomic mass is 9.99. The van der Waals surface area contributed by atoms with E-state index in [2.05, 4.69) is 15.9 Å². The van der Waals surface area contributed by atoms with Gasteiger partial charge in [0.2, 0.25) is 0 Å². The highest BCUT2D eigenvalue weighted by Gasteiger charge is 2.33. The summed E-state index contributed by atoms with van der Waals surface area (Å²) in [5.41, 5.74) is 5.07. The summed E-state index contributed by atoms with van der Waals surface area (Å²) in [6, 6.07) is 7.47. The van der Waals surface area contributed by atoms with Crippen molar-refractivity contribution in [2.24, 2.45) is 5.73 Å². The van der Waals surface area contributed by atoms with Gasteiger partial charge in [-0.25, -0.2) is 0 Å². The van der Waals surface area contributed by atoms with Crippen LogP contribution < -0.4 is 5.73 Å². The Morgan fingerprint density at radius 3 is 2.42 bits per heavy atom. The first-order valence-corrected chi connectivity index (χ1v) is 6.54. The Labute approximate surface area is 120 Å². The molecule has 1 atom stereocenters. The summed E-state index contributed by atoms with van der Waals surface area (Å²) in [5, 5.41) is 0. The average molecular weight is 326 g/mol. The van der Waals surface area contributed by atoms with Crippen molar-refractivity contribution in [3.8, 4) is 0 Å². The van der Waals surface area contributed by atoms with Crippen LogP contribution in [0.5, 0.6) is 0 Å². The Hall–Kier alpha value is -1.46. The average Bonchev–Trinajstić information content (AvgIpc) is 2.36. The third-order valence-electron chi connectivity index (χ3n) is 2.58. The van der Waals surface area contributed by atoms with Crippen molar-refractivity contribution in [2.75, 3.05) is 6.54 Å². The summed E-state index contributed by atoms with van der Waals surface area (Å²) in [5.74, 6) is -0.869. The van der Waals surface area contributed by atoms with Crippen LogP contribution in [0.25, 0.3) is 6.08 Å².